The highest BCUT2D eigenvalue weighted by atomic mass is 16.7. The number of nitrogens with zero attached hydrogens (tertiary/aromatic N) is 1. The zero-order chi connectivity index (χ0) is 27.1. The third-order valence-electron chi connectivity index (χ3n) is 7.95. The number of carbonyl (C=O) groups is 2. The number of carbonyl (C=O) groups excluding carboxylic acids is 2. The van der Waals surface area contributed by atoms with E-state index in [1.807, 2.05) is 65.8 Å². The summed E-state index contributed by atoms with van der Waals surface area (Å²) >= 11 is 0. The fourth-order valence-electron chi connectivity index (χ4n) is 4.83. The van der Waals surface area contributed by atoms with E-state index in [1.165, 1.54) is 0 Å². The van der Waals surface area contributed by atoms with Crippen LogP contribution in [0.25, 0.3) is 11.6 Å². The maximum Gasteiger partial charge on any atom is 0.494 e. The van der Waals surface area contributed by atoms with E-state index in [2.05, 4.69) is 34.4 Å². The fraction of sp³-hybridized carbons (Fsp3) is 0.500. The Morgan fingerprint density at radius 1 is 1.11 bits per heavy atom. The molecule has 1 fully saturated rings. The predicted molar refractivity (Wildman–Crippen MR) is 149 cm³/mol. The van der Waals surface area contributed by atoms with Crippen LogP contribution in [-0.4, -0.2) is 66.2 Å². The van der Waals surface area contributed by atoms with E-state index in [1.54, 1.807) is 0 Å². The van der Waals surface area contributed by atoms with Gasteiger partial charge in [-0.2, -0.15) is 0 Å². The Kier molecular flexibility index (Phi) is 7.43. The number of aromatic nitrogens is 1. The van der Waals surface area contributed by atoms with Gasteiger partial charge in [-0.25, -0.2) is 0 Å². The SMILES string of the molecule is CCN(CC)CCNC(=O)c1c(C)[nH]c(C=C2C(=O)Nc3ccc(B4OC(C)(C)C(C)(C)O4)cc32)c1C. The third-order valence-corrected chi connectivity index (χ3v) is 7.95. The van der Waals surface area contributed by atoms with Crippen molar-refractivity contribution >= 4 is 41.7 Å². The van der Waals surface area contributed by atoms with E-state index in [-0.39, 0.29) is 11.8 Å². The van der Waals surface area contributed by atoms with Crippen molar-refractivity contribution in [2.75, 3.05) is 31.5 Å². The van der Waals surface area contributed by atoms with Crippen LogP contribution in [0, 0.1) is 13.8 Å². The molecule has 37 heavy (non-hydrogen) atoms. The molecule has 8 nitrogen and oxygen atoms in total. The molecule has 2 aliphatic heterocycles. The first kappa shape index (κ1) is 27.2. The number of hydrogen-bond acceptors (Lipinski definition) is 5. The Morgan fingerprint density at radius 3 is 2.38 bits per heavy atom. The van der Waals surface area contributed by atoms with Gasteiger partial charge in [0.15, 0.2) is 0 Å². The van der Waals surface area contributed by atoms with Crippen LogP contribution in [0.2, 0.25) is 0 Å². The highest BCUT2D eigenvalue weighted by molar-refractivity contribution is 6.62. The van der Waals surface area contributed by atoms with E-state index in [9.17, 15) is 9.59 Å². The lowest BCUT2D eigenvalue weighted by atomic mass is 9.78. The van der Waals surface area contributed by atoms with Gasteiger partial charge in [0, 0.05) is 35.7 Å². The van der Waals surface area contributed by atoms with Gasteiger partial charge in [-0.1, -0.05) is 26.0 Å². The molecule has 2 aliphatic rings. The summed E-state index contributed by atoms with van der Waals surface area (Å²) in [6.45, 7) is 19.4. The van der Waals surface area contributed by atoms with E-state index in [4.69, 9.17) is 9.31 Å². The molecular formula is C28H39BN4O4. The Bertz CT molecular complexity index is 1230. The van der Waals surface area contributed by atoms with Crippen LogP contribution in [0.5, 0.6) is 0 Å². The van der Waals surface area contributed by atoms with Crippen molar-refractivity contribution in [2.24, 2.45) is 0 Å². The first-order chi connectivity index (χ1) is 17.4. The van der Waals surface area contributed by atoms with Crippen LogP contribution in [0.1, 0.15) is 74.4 Å². The second kappa shape index (κ2) is 10.1. The molecule has 4 rings (SSSR count). The number of benzene rings is 1. The molecule has 2 amide bonds. The maximum absolute atomic E-state index is 13.0. The predicted octanol–water partition coefficient (Wildman–Crippen LogP) is 3.50. The second-order valence-corrected chi connectivity index (χ2v) is 10.9. The lowest BCUT2D eigenvalue weighted by Crippen LogP contribution is -2.41. The van der Waals surface area contributed by atoms with Crippen LogP contribution < -0.4 is 16.1 Å². The standard InChI is InChI=1S/C28H39BN4O4/c1-9-33(10-2)14-13-30-26(35)24-17(3)23(31-18(24)4)16-21-20-15-19(11-12-22(20)32-25(21)34)29-36-27(5,6)28(7,8)37-29/h11-12,15-16,31H,9-10,13-14H2,1-8H3,(H,30,35)(H,32,34). The van der Waals surface area contributed by atoms with Crippen molar-refractivity contribution in [3.8, 4) is 0 Å². The fourth-order valence-corrected chi connectivity index (χ4v) is 4.83. The van der Waals surface area contributed by atoms with Crippen molar-refractivity contribution in [3.63, 3.8) is 0 Å². The van der Waals surface area contributed by atoms with E-state index in [0.29, 0.717) is 17.7 Å². The van der Waals surface area contributed by atoms with Crippen molar-refractivity contribution in [2.45, 2.75) is 66.6 Å². The van der Waals surface area contributed by atoms with Crippen molar-refractivity contribution in [1.82, 2.24) is 15.2 Å². The molecule has 0 atom stereocenters. The second-order valence-electron chi connectivity index (χ2n) is 10.9. The van der Waals surface area contributed by atoms with E-state index < -0.39 is 18.3 Å². The number of likely N-dealkylation sites (N-methyl/N-ethyl adjacent to an activating group) is 1. The summed E-state index contributed by atoms with van der Waals surface area (Å²) in [5, 5.41) is 5.98. The summed E-state index contributed by atoms with van der Waals surface area (Å²) in [4.78, 5) is 31.5. The number of rotatable bonds is 8. The minimum absolute atomic E-state index is 0.109. The Labute approximate surface area is 220 Å². The Morgan fingerprint density at radius 2 is 1.76 bits per heavy atom. The Balaban J connectivity index is 1.59. The molecule has 0 bridgehead atoms. The smallest absolute Gasteiger partial charge is 0.399 e. The van der Waals surface area contributed by atoms with Gasteiger partial charge in [0.2, 0.25) is 0 Å². The van der Waals surface area contributed by atoms with Gasteiger partial charge >= 0.3 is 7.12 Å². The van der Waals surface area contributed by atoms with Crippen LogP contribution in [-0.2, 0) is 14.1 Å². The van der Waals surface area contributed by atoms with Gasteiger partial charge in [0.1, 0.15) is 0 Å². The summed E-state index contributed by atoms with van der Waals surface area (Å²) in [6, 6.07) is 5.76. The van der Waals surface area contributed by atoms with Crippen molar-refractivity contribution < 1.29 is 18.9 Å². The van der Waals surface area contributed by atoms with Crippen molar-refractivity contribution in [1.29, 1.82) is 0 Å². The molecule has 0 aliphatic carbocycles. The highest BCUT2D eigenvalue weighted by Crippen LogP contribution is 2.38. The van der Waals surface area contributed by atoms with Gasteiger partial charge in [0.05, 0.1) is 22.3 Å². The molecular weight excluding hydrogens is 467 g/mol. The third kappa shape index (κ3) is 5.13. The number of H-pyrrole nitrogens is 1. The number of aromatic amines is 1. The van der Waals surface area contributed by atoms with Gasteiger partial charge in [0.25, 0.3) is 11.8 Å². The molecule has 1 aromatic heterocycles. The quantitative estimate of drug-likeness (QED) is 0.376. The summed E-state index contributed by atoms with van der Waals surface area (Å²) in [5.74, 6) is -0.291. The Hall–Kier alpha value is -2.88. The number of amides is 2. The van der Waals surface area contributed by atoms with Crippen LogP contribution in [0.15, 0.2) is 18.2 Å². The largest absolute Gasteiger partial charge is 0.494 e. The lowest BCUT2D eigenvalue weighted by Gasteiger charge is -2.32. The monoisotopic (exact) mass is 506 g/mol. The van der Waals surface area contributed by atoms with E-state index in [0.717, 1.165) is 53.3 Å². The first-order valence-corrected chi connectivity index (χ1v) is 13.1. The van der Waals surface area contributed by atoms with Gasteiger partial charge in [-0.05, 0) is 77.8 Å². The zero-order valence-electron chi connectivity index (χ0n) is 23.3. The highest BCUT2D eigenvalue weighted by Gasteiger charge is 2.51. The molecule has 1 aromatic carbocycles. The molecule has 3 heterocycles. The molecule has 2 aromatic rings. The normalized spacial score (nSPS) is 19.0. The van der Waals surface area contributed by atoms with E-state index >= 15 is 0 Å². The molecule has 198 valence electrons. The molecule has 0 unspecified atom stereocenters. The summed E-state index contributed by atoms with van der Waals surface area (Å²) in [6.07, 6.45) is 1.82. The molecule has 3 N–H and O–H groups in total. The summed E-state index contributed by atoms with van der Waals surface area (Å²) in [7, 11) is -0.520. The minimum atomic E-state index is -0.520. The first-order valence-electron chi connectivity index (χ1n) is 13.1. The molecule has 0 radical (unpaired) electrons. The summed E-state index contributed by atoms with van der Waals surface area (Å²) < 4.78 is 12.4. The topological polar surface area (TPSA) is 95.7 Å². The summed E-state index contributed by atoms with van der Waals surface area (Å²) in [5.41, 5.74) is 4.96. The van der Waals surface area contributed by atoms with Crippen LogP contribution in [0.3, 0.4) is 0 Å². The zero-order valence-corrected chi connectivity index (χ0v) is 23.3. The molecule has 0 saturated carbocycles. The average Bonchev–Trinajstić information content (AvgIpc) is 3.38. The number of nitrogens with one attached hydrogen (secondary N) is 3. The van der Waals surface area contributed by atoms with Crippen LogP contribution in [0.4, 0.5) is 5.69 Å². The van der Waals surface area contributed by atoms with Crippen LogP contribution >= 0.6 is 0 Å². The number of fused-ring (bicyclic) bond motifs is 1. The molecule has 9 heteroatoms. The maximum atomic E-state index is 13.0. The minimum Gasteiger partial charge on any atom is -0.399 e. The molecule has 0 spiro atoms. The van der Waals surface area contributed by atoms with Crippen molar-refractivity contribution in [3.05, 3.63) is 46.3 Å². The number of anilines is 1. The van der Waals surface area contributed by atoms with Gasteiger partial charge < -0.3 is 29.8 Å². The van der Waals surface area contributed by atoms with Gasteiger partial charge in [-0.3, -0.25) is 9.59 Å². The van der Waals surface area contributed by atoms with Gasteiger partial charge in [-0.15, -0.1) is 0 Å². The number of aryl methyl sites for hydroxylation is 1. The molecule has 1 saturated heterocycles. The number of hydrogen-bond donors (Lipinski definition) is 3. The lowest BCUT2D eigenvalue weighted by molar-refractivity contribution is -0.110. The average molecular weight is 506 g/mol.